The van der Waals surface area contributed by atoms with Gasteiger partial charge in [-0.15, -0.1) is 10.2 Å². The fourth-order valence-electron chi connectivity index (χ4n) is 2.43. The van der Waals surface area contributed by atoms with E-state index >= 15 is 0 Å². The van der Waals surface area contributed by atoms with E-state index in [9.17, 15) is 28.9 Å². The van der Waals surface area contributed by atoms with Gasteiger partial charge in [0.05, 0.1) is 17.7 Å². The molecule has 11 nitrogen and oxygen atoms in total. The molecule has 0 bridgehead atoms. The predicted molar refractivity (Wildman–Crippen MR) is 102 cm³/mol. The van der Waals surface area contributed by atoms with E-state index in [1.165, 1.54) is 24.3 Å². The van der Waals surface area contributed by atoms with Gasteiger partial charge in [0.1, 0.15) is 16.4 Å². The highest BCUT2D eigenvalue weighted by Gasteiger charge is 2.19. The van der Waals surface area contributed by atoms with E-state index in [2.05, 4.69) is 15.5 Å². The molecule has 0 saturated heterocycles. The number of hydrogen-bond donors (Lipinski definition) is 2. The van der Waals surface area contributed by atoms with Crippen LogP contribution in [-0.2, 0) is 13.1 Å². The van der Waals surface area contributed by atoms with E-state index in [1.807, 2.05) is 0 Å². The maximum Gasteiger partial charge on any atom is 0.286 e. The number of nitrogens with zero attached hydrogens (tertiary/aromatic N) is 4. The highest BCUT2D eigenvalue weighted by molar-refractivity contribution is 7.13. The lowest BCUT2D eigenvalue weighted by Gasteiger charge is -2.05. The van der Waals surface area contributed by atoms with E-state index in [-0.39, 0.29) is 23.1 Å². The molecule has 3 rings (SSSR count). The first-order valence-electron chi connectivity index (χ1n) is 8.28. The number of aromatic nitrogens is 3. The van der Waals surface area contributed by atoms with Gasteiger partial charge in [0, 0.05) is 12.6 Å². The summed E-state index contributed by atoms with van der Waals surface area (Å²) in [6.45, 7) is -0.107. The number of nitrogens with two attached hydrogens (primary N) is 1. The molecule has 2 heterocycles. The van der Waals surface area contributed by atoms with Crippen LogP contribution in [0.3, 0.4) is 0 Å². The van der Waals surface area contributed by atoms with Gasteiger partial charge in [0.25, 0.3) is 23.1 Å². The van der Waals surface area contributed by atoms with Gasteiger partial charge in [-0.2, -0.15) is 0 Å². The van der Waals surface area contributed by atoms with Crippen LogP contribution in [0.25, 0.3) is 0 Å². The lowest BCUT2D eigenvalue weighted by atomic mass is 10.2. The van der Waals surface area contributed by atoms with Crippen molar-refractivity contribution in [3.05, 3.63) is 84.0 Å². The summed E-state index contributed by atoms with van der Waals surface area (Å²) in [5, 5.41) is 21.4. The summed E-state index contributed by atoms with van der Waals surface area (Å²) in [6.07, 6.45) is 0.949. The van der Waals surface area contributed by atoms with Crippen molar-refractivity contribution in [2.45, 2.75) is 13.1 Å². The molecular formula is C17H13FN6O5S. The Morgan fingerprint density at radius 3 is 2.60 bits per heavy atom. The van der Waals surface area contributed by atoms with Gasteiger partial charge in [-0.25, -0.2) is 4.39 Å². The molecule has 0 spiro atoms. The number of carbonyl (C=O) groups excluding carboxylic acids is 2. The van der Waals surface area contributed by atoms with Crippen molar-refractivity contribution in [2.75, 3.05) is 0 Å². The number of hydrogen-bond acceptors (Lipinski definition) is 8. The van der Waals surface area contributed by atoms with Gasteiger partial charge in [-0.1, -0.05) is 23.5 Å². The Labute approximate surface area is 171 Å². The van der Waals surface area contributed by atoms with Crippen molar-refractivity contribution in [3.8, 4) is 0 Å². The van der Waals surface area contributed by atoms with Crippen LogP contribution in [0.5, 0.6) is 0 Å². The third-order valence-corrected chi connectivity index (χ3v) is 4.79. The Hall–Kier alpha value is -4.00. The van der Waals surface area contributed by atoms with E-state index in [0.717, 1.165) is 28.2 Å². The van der Waals surface area contributed by atoms with Crippen molar-refractivity contribution in [1.29, 1.82) is 0 Å². The number of rotatable bonds is 7. The molecule has 30 heavy (non-hydrogen) atoms. The first-order chi connectivity index (χ1) is 14.2. The van der Waals surface area contributed by atoms with E-state index < -0.39 is 39.4 Å². The lowest BCUT2D eigenvalue weighted by Crippen LogP contribution is -2.30. The van der Waals surface area contributed by atoms with Crippen LogP contribution >= 0.6 is 11.3 Å². The molecule has 0 saturated carbocycles. The molecule has 0 atom stereocenters. The second-order valence-corrected chi connectivity index (χ2v) is 7.04. The smallest absolute Gasteiger partial charge is 0.286 e. The van der Waals surface area contributed by atoms with Crippen molar-refractivity contribution in [3.63, 3.8) is 0 Å². The van der Waals surface area contributed by atoms with Gasteiger partial charge in [-0.05, 0) is 17.7 Å². The summed E-state index contributed by atoms with van der Waals surface area (Å²) < 4.78 is 13.8. The van der Waals surface area contributed by atoms with Crippen molar-refractivity contribution in [2.24, 2.45) is 5.73 Å². The standard InChI is InChI=1S/C17H13FN6O5S/c18-10-3-1-9(2-4-10)6-20-15(26)16-22-21-13(30-16)8-23-7-11(24(28)29)5-12(14(19)25)17(23)27/h1-5,7H,6,8H2,(H2,19,25)(H,20,26). The van der Waals surface area contributed by atoms with Crippen LogP contribution in [0.1, 0.15) is 30.7 Å². The molecule has 1 aromatic carbocycles. The number of halogens is 1. The van der Waals surface area contributed by atoms with Crippen LogP contribution in [0, 0.1) is 15.9 Å². The molecule has 0 unspecified atom stereocenters. The first-order valence-corrected chi connectivity index (χ1v) is 9.10. The van der Waals surface area contributed by atoms with Crippen LogP contribution in [-0.4, -0.2) is 31.5 Å². The van der Waals surface area contributed by atoms with E-state index in [1.54, 1.807) is 0 Å². The molecule has 0 aliphatic rings. The Bertz CT molecular complexity index is 1190. The zero-order chi connectivity index (χ0) is 21.8. The highest BCUT2D eigenvalue weighted by Crippen LogP contribution is 2.14. The van der Waals surface area contributed by atoms with Gasteiger partial charge < -0.3 is 15.6 Å². The first kappa shape index (κ1) is 20.7. The molecule has 2 aromatic heterocycles. The SMILES string of the molecule is NC(=O)c1cc([N+](=O)[O-])cn(Cc2nnc(C(=O)NCc3ccc(F)cc3)s2)c1=O. The monoisotopic (exact) mass is 432 g/mol. The minimum absolute atomic E-state index is 0.000663. The number of amides is 2. The average molecular weight is 432 g/mol. The number of nitro groups is 1. The molecule has 0 aliphatic heterocycles. The maximum atomic E-state index is 12.9. The number of pyridine rings is 1. The van der Waals surface area contributed by atoms with Crippen molar-refractivity contribution in [1.82, 2.24) is 20.1 Å². The van der Waals surface area contributed by atoms with Crippen LogP contribution in [0.15, 0.2) is 41.3 Å². The Morgan fingerprint density at radius 2 is 1.97 bits per heavy atom. The molecule has 13 heteroatoms. The third-order valence-electron chi connectivity index (χ3n) is 3.88. The molecular weight excluding hydrogens is 419 g/mol. The van der Waals surface area contributed by atoms with E-state index in [4.69, 9.17) is 5.73 Å². The summed E-state index contributed by atoms with van der Waals surface area (Å²) in [5.74, 6) is -2.03. The zero-order valence-corrected chi connectivity index (χ0v) is 15.9. The number of nitrogens with one attached hydrogen (secondary N) is 1. The lowest BCUT2D eigenvalue weighted by molar-refractivity contribution is -0.385. The summed E-state index contributed by atoms with van der Waals surface area (Å²) >= 11 is 0.871. The zero-order valence-electron chi connectivity index (χ0n) is 15.1. The minimum atomic E-state index is -1.10. The minimum Gasteiger partial charge on any atom is -0.365 e. The fraction of sp³-hybridized carbons (Fsp3) is 0.118. The second-order valence-electron chi connectivity index (χ2n) is 5.98. The highest BCUT2D eigenvalue weighted by atomic mass is 32.1. The molecule has 154 valence electrons. The Kier molecular flexibility index (Phi) is 5.92. The van der Waals surface area contributed by atoms with Gasteiger partial charge in [0.15, 0.2) is 0 Å². The summed E-state index contributed by atoms with van der Waals surface area (Å²) in [6, 6.07) is 6.37. The number of carbonyl (C=O) groups is 2. The fourth-order valence-corrected chi connectivity index (χ4v) is 3.18. The Balaban J connectivity index is 1.75. The molecule has 3 aromatic rings. The largest absolute Gasteiger partial charge is 0.365 e. The predicted octanol–water partition coefficient (Wildman–Crippen LogP) is 0.824. The number of primary amides is 1. The Morgan fingerprint density at radius 1 is 1.27 bits per heavy atom. The molecule has 0 fully saturated rings. The molecule has 0 aliphatic carbocycles. The summed E-state index contributed by atoms with van der Waals surface area (Å²) in [4.78, 5) is 46.2. The molecule has 0 radical (unpaired) electrons. The van der Waals surface area contributed by atoms with Crippen LogP contribution in [0.4, 0.5) is 10.1 Å². The average Bonchev–Trinajstić information content (AvgIpc) is 3.17. The second kappa shape index (κ2) is 8.57. The number of benzene rings is 1. The van der Waals surface area contributed by atoms with E-state index in [0.29, 0.717) is 5.56 Å². The normalized spacial score (nSPS) is 10.6. The molecule has 3 N–H and O–H groups in total. The van der Waals surface area contributed by atoms with Crippen LogP contribution < -0.4 is 16.6 Å². The van der Waals surface area contributed by atoms with Crippen molar-refractivity contribution >= 4 is 28.8 Å². The summed E-state index contributed by atoms with van der Waals surface area (Å²) in [7, 11) is 0. The van der Waals surface area contributed by atoms with Gasteiger partial charge in [-0.3, -0.25) is 24.5 Å². The summed E-state index contributed by atoms with van der Waals surface area (Å²) in [5.41, 5.74) is 3.92. The van der Waals surface area contributed by atoms with Gasteiger partial charge in [0.2, 0.25) is 5.01 Å². The third kappa shape index (κ3) is 4.70. The molecule has 2 amide bonds. The van der Waals surface area contributed by atoms with Crippen molar-refractivity contribution < 1.29 is 18.9 Å². The quantitative estimate of drug-likeness (QED) is 0.412. The maximum absolute atomic E-state index is 12.9. The van der Waals surface area contributed by atoms with Gasteiger partial charge >= 0.3 is 0 Å². The topological polar surface area (TPSA) is 163 Å². The van der Waals surface area contributed by atoms with Crippen LogP contribution in [0.2, 0.25) is 0 Å².